The first-order valence-corrected chi connectivity index (χ1v) is 20.8. The van der Waals surface area contributed by atoms with Crippen LogP contribution in [0.25, 0.3) is 38.7 Å². The van der Waals surface area contributed by atoms with E-state index in [0.29, 0.717) is 17.6 Å². The lowest BCUT2D eigenvalue weighted by atomic mass is 10.1. The molecule has 0 saturated carbocycles. The van der Waals surface area contributed by atoms with Crippen LogP contribution in [0, 0.1) is 34.6 Å². The van der Waals surface area contributed by atoms with Crippen molar-refractivity contribution in [1.82, 2.24) is 8.80 Å². The SMILES string of the molecule is C/N=C(/N(C)c1ccc2c3ccccc3n([SiH](c3ccccc3)c3ccccc3)c2c1C)N(c1ccccc1)c1oc2occ(-n3c(C)cc(C)c3C)c2c1C. The molecule has 0 unspecified atom stereocenters. The number of hydrogen-bond donors (Lipinski definition) is 0. The Labute approximate surface area is 329 Å². The van der Waals surface area contributed by atoms with Crippen LogP contribution in [0.15, 0.2) is 154 Å². The van der Waals surface area contributed by atoms with Crippen LogP contribution in [0.1, 0.15) is 28.1 Å². The fraction of sp³-hybridized carbons (Fsp3) is 0.146. The van der Waals surface area contributed by atoms with Gasteiger partial charge in [-0.25, -0.2) is 0 Å². The number of rotatable bonds is 7. The number of aryl methyl sites for hydroxylation is 4. The van der Waals surface area contributed by atoms with Gasteiger partial charge in [-0.1, -0.05) is 103 Å². The van der Waals surface area contributed by atoms with E-state index in [9.17, 15) is 0 Å². The Morgan fingerprint density at radius 2 is 1.32 bits per heavy atom. The van der Waals surface area contributed by atoms with Crippen LogP contribution in [0.2, 0.25) is 0 Å². The van der Waals surface area contributed by atoms with Crippen LogP contribution in [0.5, 0.6) is 0 Å². The normalized spacial score (nSPS) is 12.1. The molecule has 7 nitrogen and oxygen atoms in total. The summed E-state index contributed by atoms with van der Waals surface area (Å²) in [5.74, 6) is 1.86. The molecule has 5 aromatic carbocycles. The van der Waals surface area contributed by atoms with Gasteiger partial charge in [-0.3, -0.25) is 9.89 Å². The number of aromatic nitrogens is 2. The van der Waals surface area contributed by atoms with Gasteiger partial charge in [0.25, 0.3) is 0 Å². The van der Waals surface area contributed by atoms with Gasteiger partial charge in [-0.15, -0.1) is 0 Å². The summed E-state index contributed by atoms with van der Waals surface area (Å²) < 4.78 is 17.8. The number of nitrogens with zero attached hydrogens (tertiary/aromatic N) is 5. The van der Waals surface area contributed by atoms with Crippen molar-refractivity contribution in [1.29, 1.82) is 0 Å². The van der Waals surface area contributed by atoms with Gasteiger partial charge in [-0.05, 0) is 86.5 Å². The van der Waals surface area contributed by atoms with E-state index >= 15 is 0 Å². The van der Waals surface area contributed by atoms with E-state index in [1.54, 1.807) is 6.26 Å². The fourth-order valence-corrected chi connectivity index (χ4v) is 12.0. The highest BCUT2D eigenvalue weighted by Crippen LogP contribution is 2.42. The molecule has 0 spiro atoms. The van der Waals surface area contributed by atoms with Crippen LogP contribution in [-0.4, -0.2) is 37.8 Å². The number of furan rings is 2. The summed E-state index contributed by atoms with van der Waals surface area (Å²) in [6.45, 7) is 10.8. The Kier molecular flexibility index (Phi) is 8.78. The monoisotopic (exact) mass is 751 g/mol. The molecular formula is C48H45N5O2Si. The minimum atomic E-state index is -2.01. The topological polar surface area (TPSA) is 55.0 Å². The number of hydrogen-bond acceptors (Lipinski definition) is 3. The van der Waals surface area contributed by atoms with E-state index < -0.39 is 8.96 Å². The van der Waals surface area contributed by atoms with Crippen molar-refractivity contribution in [2.45, 2.75) is 34.6 Å². The second kappa shape index (κ2) is 14.0. The number of para-hydroxylation sites is 2. The smallest absolute Gasteiger partial charge is 0.301 e. The molecule has 0 bridgehead atoms. The first kappa shape index (κ1) is 35.2. The third-order valence-corrected chi connectivity index (χ3v) is 14.5. The molecule has 0 amide bonds. The summed E-state index contributed by atoms with van der Waals surface area (Å²) in [7, 11) is 1.94. The Morgan fingerprint density at radius 3 is 1.95 bits per heavy atom. The molecule has 0 atom stereocenters. The van der Waals surface area contributed by atoms with Crippen LogP contribution < -0.4 is 20.2 Å². The molecule has 0 N–H and O–H groups in total. The van der Waals surface area contributed by atoms with Gasteiger partial charge < -0.3 is 22.5 Å². The summed E-state index contributed by atoms with van der Waals surface area (Å²) in [5.41, 5.74) is 11.2. The predicted octanol–water partition coefficient (Wildman–Crippen LogP) is 10.1. The molecule has 0 aliphatic heterocycles. The fourth-order valence-electron chi connectivity index (χ4n) is 8.75. The van der Waals surface area contributed by atoms with Gasteiger partial charge in [0, 0.05) is 58.5 Å². The van der Waals surface area contributed by atoms with E-state index in [1.165, 1.54) is 49.0 Å². The van der Waals surface area contributed by atoms with Crippen molar-refractivity contribution < 1.29 is 8.83 Å². The molecule has 0 saturated heterocycles. The Morgan fingerprint density at radius 1 is 0.696 bits per heavy atom. The van der Waals surface area contributed by atoms with Crippen molar-refractivity contribution in [3.8, 4) is 5.69 Å². The largest absolute Gasteiger partial charge is 0.431 e. The van der Waals surface area contributed by atoms with Gasteiger partial charge in [0.05, 0.1) is 16.8 Å². The molecule has 9 rings (SSSR count). The van der Waals surface area contributed by atoms with Crippen molar-refractivity contribution in [3.05, 3.63) is 168 Å². The van der Waals surface area contributed by atoms with E-state index in [4.69, 9.17) is 13.8 Å². The minimum absolute atomic E-state index is 0.483. The number of guanidine groups is 1. The van der Waals surface area contributed by atoms with Gasteiger partial charge in [0.2, 0.25) is 20.8 Å². The third-order valence-electron chi connectivity index (χ3n) is 11.4. The molecule has 278 valence electrons. The van der Waals surface area contributed by atoms with Crippen LogP contribution in [0.4, 0.5) is 17.3 Å². The molecule has 4 heterocycles. The third kappa shape index (κ3) is 5.51. The number of fused-ring (bicyclic) bond motifs is 4. The summed E-state index contributed by atoms with van der Waals surface area (Å²) in [6, 6.07) is 48.0. The highest BCUT2D eigenvalue weighted by atomic mass is 28.3. The summed E-state index contributed by atoms with van der Waals surface area (Å²) in [4.78, 5) is 9.32. The molecule has 4 aromatic heterocycles. The van der Waals surface area contributed by atoms with Crippen molar-refractivity contribution in [2.75, 3.05) is 23.9 Å². The number of aliphatic imine (C=N–C) groups is 1. The highest BCUT2D eigenvalue weighted by molar-refractivity contribution is 6.85. The molecule has 9 aromatic rings. The van der Waals surface area contributed by atoms with Gasteiger partial charge in [0.15, 0.2) is 0 Å². The second-order valence-electron chi connectivity index (χ2n) is 14.7. The molecule has 8 heteroatoms. The average molecular weight is 752 g/mol. The lowest BCUT2D eigenvalue weighted by Crippen LogP contribution is -2.48. The lowest BCUT2D eigenvalue weighted by molar-refractivity contribution is 0.481. The maximum atomic E-state index is 6.70. The van der Waals surface area contributed by atoms with Crippen molar-refractivity contribution >= 4 is 75.5 Å². The number of anilines is 3. The number of benzene rings is 5. The quantitative estimate of drug-likeness (QED) is 0.0925. The van der Waals surface area contributed by atoms with Gasteiger partial charge >= 0.3 is 5.78 Å². The lowest BCUT2D eigenvalue weighted by Gasteiger charge is -2.32. The van der Waals surface area contributed by atoms with Gasteiger partial charge in [-0.2, -0.15) is 0 Å². The maximum Gasteiger partial charge on any atom is 0.301 e. The van der Waals surface area contributed by atoms with Crippen LogP contribution in [-0.2, 0) is 0 Å². The van der Waals surface area contributed by atoms with Crippen LogP contribution in [0.3, 0.4) is 0 Å². The van der Waals surface area contributed by atoms with E-state index in [2.05, 4.69) is 176 Å². The summed E-state index contributed by atoms with van der Waals surface area (Å²) in [6.07, 6.45) is 1.80. The van der Waals surface area contributed by atoms with E-state index in [-0.39, 0.29) is 0 Å². The molecule has 0 aliphatic rings. The zero-order valence-corrected chi connectivity index (χ0v) is 34.1. The molecule has 0 radical (unpaired) electrons. The van der Waals surface area contributed by atoms with Crippen LogP contribution >= 0.6 is 0 Å². The zero-order chi connectivity index (χ0) is 38.7. The Bertz CT molecular complexity index is 2860. The second-order valence-corrected chi connectivity index (χ2v) is 17.3. The van der Waals surface area contributed by atoms with Gasteiger partial charge in [0.1, 0.15) is 6.26 Å². The first-order chi connectivity index (χ1) is 27.3. The first-order valence-electron chi connectivity index (χ1n) is 19.1. The predicted molar refractivity (Wildman–Crippen MR) is 236 cm³/mol. The standard InChI is InChI=1S/C48H45N5O2Si/c1-31-29-32(2)51(35(31)5)43-30-54-47-44(43)34(4)46(55-47)52(36-19-11-8-12-20-36)48(49-6)50(7)41-28-27-40-39-25-17-18-26-42(39)53(45(40)33(41)3)56(37-21-13-9-14-22-37)38-23-15-10-16-24-38/h8-30,56H,1-7H3/b49-48-. The molecule has 56 heavy (non-hydrogen) atoms. The Balaban J connectivity index is 1.24. The van der Waals surface area contributed by atoms with E-state index in [1.807, 2.05) is 25.2 Å². The minimum Gasteiger partial charge on any atom is -0.431 e. The summed E-state index contributed by atoms with van der Waals surface area (Å²) >= 11 is 0. The summed E-state index contributed by atoms with van der Waals surface area (Å²) in [5, 5.41) is 6.18. The zero-order valence-electron chi connectivity index (χ0n) is 32.9. The highest BCUT2D eigenvalue weighted by Gasteiger charge is 2.31. The maximum absolute atomic E-state index is 6.70. The Hall–Kier alpha value is -6.51. The molecule has 0 fully saturated rings. The van der Waals surface area contributed by atoms with Crippen molar-refractivity contribution in [3.63, 3.8) is 0 Å². The van der Waals surface area contributed by atoms with Crippen molar-refractivity contribution in [2.24, 2.45) is 4.99 Å². The van der Waals surface area contributed by atoms with E-state index in [0.717, 1.165) is 33.7 Å². The average Bonchev–Trinajstić information content (AvgIpc) is 3.95. The molecular weight excluding hydrogens is 707 g/mol. The molecule has 0 aliphatic carbocycles.